The summed E-state index contributed by atoms with van der Waals surface area (Å²) >= 11 is 0. The van der Waals surface area contributed by atoms with Gasteiger partial charge in [0.25, 0.3) is 5.91 Å². The summed E-state index contributed by atoms with van der Waals surface area (Å²) in [5.74, 6) is 1.37. The average molecular weight is 365 g/mol. The van der Waals surface area contributed by atoms with Gasteiger partial charge in [-0.3, -0.25) is 9.59 Å². The number of rotatable bonds is 5. The number of fused-ring (bicyclic) bond motifs is 3. The van der Waals surface area contributed by atoms with Crippen LogP contribution in [0.3, 0.4) is 0 Å². The van der Waals surface area contributed by atoms with E-state index in [1.165, 1.54) is 19.8 Å². The van der Waals surface area contributed by atoms with Crippen molar-refractivity contribution in [3.63, 3.8) is 0 Å². The molecule has 3 fully saturated rings. The molecule has 2 aromatic rings. The minimum atomic E-state index is -0.111. The molecule has 0 aliphatic carbocycles. The first-order valence-corrected chi connectivity index (χ1v) is 9.37. The maximum Gasteiger partial charge on any atom is 0.251 e. The first-order chi connectivity index (χ1) is 13.1. The Hall–Kier alpha value is -2.73. The van der Waals surface area contributed by atoms with Crippen LogP contribution in [0.1, 0.15) is 40.6 Å². The van der Waals surface area contributed by atoms with Gasteiger partial charge in [0, 0.05) is 31.1 Å². The first kappa shape index (κ1) is 17.7. The van der Waals surface area contributed by atoms with Crippen LogP contribution in [0, 0.1) is 5.92 Å². The van der Waals surface area contributed by atoms with E-state index < -0.39 is 0 Å². The van der Waals surface area contributed by atoms with Crippen molar-refractivity contribution in [2.45, 2.75) is 25.8 Å². The summed E-state index contributed by atoms with van der Waals surface area (Å²) in [6.07, 6.45) is 2.34. The zero-order chi connectivity index (χ0) is 18.8. The number of benzene rings is 1. The molecule has 0 radical (unpaired) electrons. The number of carbonyl (C=O) groups is 2. The number of piperidine rings is 3. The molecule has 1 amide bonds. The van der Waals surface area contributed by atoms with Gasteiger partial charge in [0.15, 0.2) is 5.78 Å². The quantitative estimate of drug-likeness (QED) is 0.825. The largest absolute Gasteiger partial charge is 0.439 e. The maximum absolute atomic E-state index is 12.6. The fourth-order valence-electron chi connectivity index (χ4n) is 3.84. The lowest BCUT2D eigenvalue weighted by atomic mass is 9.84. The van der Waals surface area contributed by atoms with Crippen LogP contribution in [0.5, 0.6) is 11.6 Å². The second-order valence-electron chi connectivity index (χ2n) is 7.26. The van der Waals surface area contributed by atoms with E-state index in [1.54, 1.807) is 42.5 Å². The van der Waals surface area contributed by atoms with Crippen LogP contribution in [-0.4, -0.2) is 47.3 Å². The average Bonchev–Trinajstić information content (AvgIpc) is 2.69. The van der Waals surface area contributed by atoms with Crippen molar-refractivity contribution in [1.82, 2.24) is 15.2 Å². The van der Waals surface area contributed by atoms with Gasteiger partial charge >= 0.3 is 0 Å². The number of Topliss-reactive ketones (excluding diaryl/α,β-unsaturated/α-hetero) is 1. The molecular weight excluding hydrogens is 342 g/mol. The van der Waals surface area contributed by atoms with Crippen LogP contribution in [-0.2, 0) is 0 Å². The molecule has 140 valence electrons. The fourth-order valence-corrected chi connectivity index (χ4v) is 3.84. The Morgan fingerprint density at radius 3 is 2.48 bits per heavy atom. The Labute approximate surface area is 158 Å². The second-order valence-corrected chi connectivity index (χ2v) is 7.26. The van der Waals surface area contributed by atoms with Crippen LogP contribution in [0.4, 0.5) is 0 Å². The molecule has 27 heavy (non-hydrogen) atoms. The molecule has 1 aromatic carbocycles. The standard InChI is InChI=1S/C21H23N3O3/c1-14(25)18-3-2-4-20(22-18)27-17-7-5-16(6-8-17)21(26)23-19-13-24-11-9-15(19)10-12-24/h2-8,15,19H,9-13H2,1H3,(H,23,26)/t19-/m0/s1. The molecule has 1 N–H and O–H groups in total. The van der Waals surface area contributed by atoms with Crippen LogP contribution in [0.15, 0.2) is 42.5 Å². The van der Waals surface area contributed by atoms with Crippen molar-refractivity contribution in [2.24, 2.45) is 5.92 Å². The predicted octanol–water partition coefficient (Wildman–Crippen LogP) is 2.90. The third-order valence-corrected chi connectivity index (χ3v) is 5.40. The van der Waals surface area contributed by atoms with Gasteiger partial charge in [-0.1, -0.05) is 6.07 Å². The van der Waals surface area contributed by atoms with Gasteiger partial charge in [0.2, 0.25) is 5.88 Å². The minimum absolute atomic E-state index is 0.0444. The SMILES string of the molecule is CC(=O)c1cccc(Oc2ccc(C(=O)N[C@H]3CN4CCC3CC4)cc2)n1. The van der Waals surface area contributed by atoms with Crippen LogP contribution < -0.4 is 10.1 Å². The highest BCUT2D eigenvalue weighted by atomic mass is 16.5. The number of pyridine rings is 1. The molecule has 5 rings (SSSR count). The van der Waals surface area contributed by atoms with Crippen molar-refractivity contribution >= 4 is 11.7 Å². The number of hydrogen-bond donors (Lipinski definition) is 1. The van der Waals surface area contributed by atoms with E-state index in [0.717, 1.165) is 19.6 Å². The van der Waals surface area contributed by atoms with Crippen molar-refractivity contribution in [2.75, 3.05) is 19.6 Å². The number of hydrogen-bond acceptors (Lipinski definition) is 5. The molecule has 3 aliphatic rings. The van der Waals surface area contributed by atoms with Gasteiger partial charge in [0.05, 0.1) is 0 Å². The summed E-state index contributed by atoms with van der Waals surface area (Å²) in [7, 11) is 0. The van der Waals surface area contributed by atoms with E-state index in [0.29, 0.717) is 28.8 Å². The normalized spacial score (nSPS) is 23.7. The molecule has 1 aromatic heterocycles. The van der Waals surface area contributed by atoms with Crippen molar-refractivity contribution in [3.05, 3.63) is 53.7 Å². The van der Waals surface area contributed by atoms with Gasteiger partial charge < -0.3 is 15.0 Å². The van der Waals surface area contributed by atoms with E-state index in [2.05, 4.69) is 15.2 Å². The Morgan fingerprint density at radius 1 is 1.11 bits per heavy atom. The number of carbonyl (C=O) groups excluding carboxylic acids is 2. The first-order valence-electron chi connectivity index (χ1n) is 9.37. The van der Waals surface area contributed by atoms with E-state index in [-0.39, 0.29) is 17.7 Å². The lowest BCUT2D eigenvalue weighted by molar-refractivity contribution is 0.0620. The smallest absolute Gasteiger partial charge is 0.251 e. The summed E-state index contributed by atoms with van der Waals surface area (Å²) in [5, 5.41) is 3.18. The second kappa shape index (κ2) is 7.48. The Kier molecular flexibility index (Phi) is 4.90. The molecule has 0 unspecified atom stereocenters. The van der Waals surface area contributed by atoms with Gasteiger partial charge in [-0.05, 0) is 62.2 Å². The zero-order valence-electron chi connectivity index (χ0n) is 15.4. The predicted molar refractivity (Wildman–Crippen MR) is 101 cm³/mol. The van der Waals surface area contributed by atoms with E-state index >= 15 is 0 Å². The highest BCUT2D eigenvalue weighted by Gasteiger charge is 2.34. The van der Waals surface area contributed by atoms with Crippen molar-refractivity contribution in [1.29, 1.82) is 0 Å². The summed E-state index contributed by atoms with van der Waals surface area (Å²) < 4.78 is 5.69. The van der Waals surface area contributed by atoms with Crippen molar-refractivity contribution < 1.29 is 14.3 Å². The number of nitrogens with zero attached hydrogens (tertiary/aromatic N) is 2. The number of ether oxygens (including phenoxy) is 1. The van der Waals surface area contributed by atoms with Crippen LogP contribution in [0.2, 0.25) is 0 Å². The highest BCUT2D eigenvalue weighted by Crippen LogP contribution is 2.28. The minimum Gasteiger partial charge on any atom is -0.439 e. The van der Waals surface area contributed by atoms with E-state index in [1.807, 2.05) is 0 Å². The summed E-state index contributed by atoms with van der Waals surface area (Å²) in [6.45, 7) is 4.73. The van der Waals surface area contributed by atoms with E-state index in [4.69, 9.17) is 4.74 Å². The molecular formula is C21H23N3O3. The molecule has 4 heterocycles. The molecule has 3 saturated heterocycles. The molecule has 0 saturated carbocycles. The van der Waals surface area contributed by atoms with Gasteiger partial charge in [-0.2, -0.15) is 0 Å². The third kappa shape index (κ3) is 4.01. The molecule has 6 heteroatoms. The van der Waals surface area contributed by atoms with Crippen molar-refractivity contribution in [3.8, 4) is 11.6 Å². The summed E-state index contributed by atoms with van der Waals surface area (Å²) in [5.41, 5.74) is 0.977. The lowest BCUT2D eigenvalue weighted by Crippen LogP contribution is -2.57. The zero-order valence-corrected chi connectivity index (χ0v) is 15.4. The molecule has 2 bridgehead atoms. The highest BCUT2D eigenvalue weighted by molar-refractivity contribution is 5.94. The van der Waals surface area contributed by atoms with Gasteiger partial charge in [-0.25, -0.2) is 4.98 Å². The van der Waals surface area contributed by atoms with Gasteiger partial charge in [-0.15, -0.1) is 0 Å². The van der Waals surface area contributed by atoms with Gasteiger partial charge in [0.1, 0.15) is 11.4 Å². The number of ketones is 1. The third-order valence-electron chi connectivity index (χ3n) is 5.40. The topological polar surface area (TPSA) is 71.5 Å². The Balaban J connectivity index is 1.39. The monoisotopic (exact) mass is 365 g/mol. The molecule has 3 aliphatic heterocycles. The van der Waals surface area contributed by atoms with Crippen LogP contribution >= 0.6 is 0 Å². The van der Waals surface area contributed by atoms with Crippen LogP contribution in [0.25, 0.3) is 0 Å². The molecule has 0 spiro atoms. The maximum atomic E-state index is 12.6. The Bertz CT molecular complexity index is 842. The lowest BCUT2D eigenvalue weighted by Gasteiger charge is -2.44. The number of nitrogens with one attached hydrogen (secondary N) is 1. The molecule has 6 nitrogen and oxygen atoms in total. The summed E-state index contributed by atoms with van der Waals surface area (Å²) in [6, 6.07) is 12.3. The van der Waals surface area contributed by atoms with E-state index in [9.17, 15) is 9.59 Å². The number of amides is 1. The fraction of sp³-hybridized carbons (Fsp3) is 0.381. The number of aromatic nitrogens is 1. The molecule has 1 atom stereocenters. The Morgan fingerprint density at radius 2 is 1.85 bits per heavy atom. The summed E-state index contributed by atoms with van der Waals surface area (Å²) in [4.78, 5) is 30.6.